The monoisotopic (exact) mass is 304 g/mol. The first kappa shape index (κ1) is 15.0. The number of hydrogen-bond acceptors (Lipinski definition) is 6. The average molecular weight is 304 g/mol. The lowest BCUT2D eigenvalue weighted by atomic mass is 10.1. The molecule has 6 heteroatoms. The van der Waals surface area contributed by atoms with Gasteiger partial charge in [0.05, 0.1) is 19.3 Å². The van der Waals surface area contributed by atoms with Gasteiger partial charge in [-0.1, -0.05) is 12.1 Å². The SMILES string of the molecule is COC(=O)[C@@H]1CN([C@H](C)c2nc3ccccc3o2)C[C@@H](C)O1. The van der Waals surface area contributed by atoms with Crippen molar-refractivity contribution in [2.75, 3.05) is 20.2 Å². The van der Waals surface area contributed by atoms with E-state index in [4.69, 9.17) is 13.9 Å². The molecule has 0 bridgehead atoms. The van der Waals surface area contributed by atoms with Crippen molar-refractivity contribution in [1.82, 2.24) is 9.88 Å². The van der Waals surface area contributed by atoms with E-state index in [0.717, 1.165) is 11.1 Å². The predicted molar refractivity (Wildman–Crippen MR) is 80.3 cm³/mol. The second-order valence-electron chi connectivity index (χ2n) is 5.61. The lowest BCUT2D eigenvalue weighted by Gasteiger charge is -2.37. The number of ether oxygens (including phenoxy) is 2. The minimum Gasteiger partial charge on any atom is -0.467 e. The Morgan fingerprint density at radius 3 is 2.91 bits per heavy atom. The van der Waals surface area contributed by atoms with Crippen molar-refractivity contribution in [3.63, 3.8) is 0 Å². The lowest BCUT2D eigenvalue weighted by Crippen LogP contribution is -2.50. The second-order valence-corrected chi connectivity index (χ2v) is 5.61. The van der Waals surface area contributed by atoms with Crippen LogP contribution in [-0.4, -0.2) is 48.3 Å². The minimum absolute atomic E-state index is 0.0362. The molecule has 0 N–H and O–H groups in total. The van der Waals surface area contributed by atoms with E-state index in [-0.39, 0.29) is 18.1 Å². The molecule has 1 aromatic carbocycles. The second kappa shape index (κ2) is 6.06. The van der Waals surface area contributed by atoms with Gasteiger partial charge in [0.25, 0.3) is 0 Å². The molecular formula is C16H20N2O4. The first-order valence-electron chi connectivity index (χ1n) is 7.41. The number of methoxy groups -OCH3 is 1. The number of aromatic nitrogens is 1. The van der Waals surface area contributed by atoms with Crippen LogP contribution in [0.25, 0.3) is 11.1 Å². The predicted octanol–water partition coefficient (Wildman–Crippen LogP) is 2.15. The number of benzene rings is 1. The van der Waals surface area contributed by atoms with Crippen LogP contribution in [0.1, 0.15) is 25.8 Å². The molecule has 118 valence electrons. The van der Waals surface area contributed by atoms with Crippen LogP contribution in [0.2, 0.25) is 0 Å². The number of para-hydroxylation sites is 2. The quantitative estimate of drug-likeness (QED) is 0.810. The van der Waals surface area contributed by atoms with Crippen LogP contribution in [0, 0.1) is 0 Å². The molecule has 3 atom stereocenters. The Labute approximate surface area is 129 Å². The normalized spacial score (nSPS) is 24.3. The molecule has 6 nitrogen and oxygen atoms in total. The van der Waals surface area contributed by atoms with Gasteiger partial charge in [-0.2, -0.15) is 0 Å². The van der Waals surface area contributed by atoms with Crippen LogP contribution < -0.4 is 0 Å². The molecule has 2 aromatic rings. The number of morpholine rings is 1. The number of oxazole rings is 1. The van der Waals surface area contributed by atoms with Crippen LogP contribution in [0.15, 0.2) is 28.7 Å². The molecule has 0 aliphatic carbocycles. The highest BCUT2D eigenvalue weighted by Crippen LogP contribution is 2.27. The van der Waals surface area contributed by atoms with E-state index >= 15 is 0 Å². The third kappa shape index (κ3) is 2.84. The number of rotatable bonds is 3. The Balaban J connectivity index is 1.80. The number of esters is 1. The van der Waals surface area contributed by atoms with Crippen LogP contribution >= 0.6 is 0 Å². The van der Waals surface area contributed by atoms with Gasteiger partial charge in [0, 0.05) is 13.1 Å². The van der Waals surface area contributed by atoms with Gasteiger partial charge in [0.15, 0.2) is 11.7 Å². The molecule has 0 amide bonds. The molecule has 2 heterocycles. The summed E-state index contributed by atoms with van der Waals surface area (Å²) in [6, 6.07) is 7.65. The molecule has 22 heavy (non-hydrogen) atoms. The van der Waals surface area contributed by atoms with E-state index < -0.39 is 6.10 Å². The van der Waals surface area contributed by atoms with Gasteiger partial charge in [0.1, 0.15) is 5.52 Å². The summed E-state index contributed by atoms with van der Waals surface area (Å²) in [5.41, 5.74) is 1.62. The summed E-state index contributed by atoms with van der Waals surface area (Å²) in [6.45, 7) is 5.16. The van der Waals surface area contributed by atoms with E-state index in [1.165, 1.54) is 7.11 Å². The van der Waals surface area contributed by atoms with Crippen molar-refractivity contribution in [2.45, 2.75) is 32.1 Å². The first-order chi connectivity index (χ1) is 10.6. The maximum Gasteiger partial charge on any atom is 0.336 e. The maximum absolute atomic E-state index is 11.7. The molecule has 1 saturated heterocycles. The summed E-state index contributed by atoms with van der Waals surface area (Å²) in [5, 5.41) is 0. The fourth-order valence-electron chi connectivity index (χ4n) is 2.79. The zero-order chi connectivity index (χ0) is 15.7. The molecule has 1 fully saturated rings. The number of carbonyl (C=O) groups is 1. The smallest absolute Gasteiger partial charge is 0.336 e. The van der Waals surface area contributed by atoms with Crippen molar-refractivity contribution >= 4 is 17.1 Å². The van der Waals surface area contributed by atoms with Crippen molar-refractivity contribution in [3.8, 4) is 0 Å². The highest BCUT2D eigenvalue weighted by Gasteiger charge is 2.34. The van der Waals surface area contributed by atoms with E-state index in [2.05, 4.69) is 9.88 Å². The Morgan fingerprint density at radius 1 is 1.41 bits per heavy atom. The van der Waals surface area contributed by atoms with E-state index in [9.17, 15) is 4.79 Å². The molecule has 3 rings (SSSR count). The van der Waals surface area contributed by atoms with Crippen molar-refractivity contribution in [2.24, 2.45) is 0 Å². The summed E-state index contributed by atoms with van der Waals surface area (Å²) < 4.78 is 16.3. The Morgan fingerprint density at radius 2 is 2.18 bits per heavy atom. The fraction of sp³-hybridized carbons (Fsp3) is 0.500. The van der Waals surface area contributed by atoms with Crippen molar-refractivity contribution < 1.29 is 18.7 Å². The van der Waals surface area contributed by atoms with Gasteiger partial charge in [-0.3, -0.25) is 4.90 Å². The van der Waals surface area contributed by atoms with Gasteiger partial charge in [-0.05, 0) is 26.0 Å². The Hall–Kier alpha value is -1.92. The van der Waals surface area contributed by atoms with Gasteiger partial charge < -0.3 is 13.9 Å². The lowest BCUT2D eigenvalue weighted by molar-refractivity contribution is -0.168. The van der Waals surface area contributed by atoms with Gasteiger partial charge in [0.2, 0.25) is 5.89 Å². The molecule has 1 aliphatic rings. The third-order valence-corrected chi connectivity index (χ3v) is 3.97. The summed E-state index contributed by atoms with van der Waals surface area (Å²) in [4.78, 5) is 18.4. The molecular weight excluding hydrogens is 284 g/mol. The van der Waals surface area contributed by atoms with Crippen LogP contribution in [0.4, 0.5) is 0 Å². The van der Waals surface area contributed by atoms with E-state index in [1.807, 2.05) is 38.1 Å². The average Bonchev–Trinajstić information content (AvgIpc) is 2.96. The van der Waals surface area contributed by atoms with Gasteiger partial charge in [-0.25, -0.2) is 9.78 Å². The number of hydrogen-bond donors (Lipinski definition) is 0. The van der Waals surface area contributed by atoms with E-state index in [1.54, 1.807) is 0 Å². The molecule has 0 radical (unpaired) electrons. The topological polar surface area (TPSA) is 64.8 Å². The third-order valence-electron chi connectivity index (χ3n) is 3.97. The Bertz CT molecular complexity index is 636. The van der Waals surface area contributed by atoms with Gasteiger partial charge in [-0.15, -0.1) is 0 Å². The van der Waals surface area contributed by atoms with Crippen molar-refractivity contribution in [1.29, 1.82) is 0 Å². The van der Waals surface area contributed by atoms with Gasteiger partial charge >= 0.3 is 5.97 Å². The minimum atomic E-state index is -0.569. The standard InChI is InChI=1S/C16H20N2O4/c1-10-8-18(9-14(21-10)16(19)20-3)11(2)15-17-12-6-4-5-7-13(12)22-15/h4-7,10-11,14H,8-9H2,1-3H3/t10-,11-,14+/m1/s1. The van der Waals surface area contributed by atoms with Crippen LogP contribution in [-0.2, 0) is 14.3 Å². The number of nitrogens with zero attached hydrogens (tertiary/aromatic N) is 2. The molecule has 1 aromatic heterocycles. The summed E-state index contributed by atoms with van der Waals surface area (Å²) in [7, 11) is 1.37. The first-order valence-corrected chi connectivity index (χ1v) is 7.41. The molecule has 0 spiro atoms. The number of carbonyl (C=O) groups excluding carboxylic acids is 1. The fourth-order valence-corrected chi connectivity index (χ4v) is 2.79. The molecule has 0 saturated carbocycles. The molecule has 1 aliphatic heterocycles. The summed E-state index contributed by atoms with van der Waals surface area (Å²) in [6.07, 6.45) is -0.620. The highest BCUT2D eigenvalue weighted by molar-refractivity contribution is 5.75. The van der Waals surface area contributed by atoms with Crippen molar-refractivity contribution in [3.05, 3.63) is 30.2 Å². The zero-order valence-electron chi connectivity index (χ0n) is 13.0. The molecule has 0 unspecified atom stereocenters. The number of fused-ring (bicyclic) bond motifs is 1. The summed E-state index contributed by atoms with van der Waals surface area (Å²) in [5.74, 6) is 0.306. The largest absolute Gasteiger partial charge is 0.467 e. The van der Waals surface area contributed by atoms with Crippen LogP contribution in [0.5, 0.6) is 0 Å². The summed E-state index contributed by atoms with van der Waals surface area (Å²) >= 11 is 0. The maximum atomic E-state index is 11.7. The zero-order valence-corrected chi connectivity index (χ0v) is 13.0. The Kier molecular flexibility index (Phi) is 4.13. The highest BCUT2D eigenvalue weighted by atomic mass is 16.6. The van der Waals surface area contributed by atoms with Crippen LogP contribution in [0.3, 0.4) is 0 Å². The van der Waals surface area contributed by atoms with E-state index in [0.29, 0.717) is 19.0 Å².